The van der Waals surface area contributed by atoms with Crippen LogP contribution in [0.2, 0.25) is 5.02 Å². The summed E-state index contributed by atoms with van der Waals surface area (Å²) >= 11 is 5.92. The second-order valence-corrected chi connectivity index (χ2v) is 8.12. The smallest absolute Gasteiger partial charge is 0.325 e. The van der Waals surface area contributed by atoms with Crippen LogP contribution in [0.25, 0.3) is 11.3 Å². The van der Waals surface area contributed by atoms with E-state index >= 15 is 0 Å². The summed E-state index contributed by atoms with van der Waals surface area (Å²) < 4.78 is 10.5. The highest BCUT2D eigenvalue weighted by atomic mass is 35.5. The van der Waals surface area contributed by atoms with Crippen molar-refractivity contribution in [2.24, 2.45) is 0 Å². The number of imide groups is 1. The van der Waals surface area contributed by atoms with Crippen LogP contribution >= 0.6 is 11.6 Å². The molecular weight excluding hydrogens is 418 g/mol. The van der Waals surface area contributed by atoms with E-state index in [0.717, 1.165) is 16.9 Å². The number of nitrogens with one attached hydrogen (secondary N) is 1. The van der Waals surface area contributed by atoms with Gasteiger partial charge in [-0.25, -0.2) is 4.79 Å². The normalized spacial score (nSPS) is 18.4. The lowest BCUT2D eigenvalue weighted by molar-refractivity contribution is -0.131. The van der Waals surface area contributed by atoms with Crippen LogP contribution in [0.15, 0.2) is 59.1 Å². The maximum absolute atomic E-state index is 13.0. The zero-order valence-corrected chi connectivity index (χ0v) is 18.0. The topological polar surface area (TPSA) is 84.7 Å². The molecule has 0 saturated carbocycles. The lowest BCUT2D eigenvalue weighted by Gasteiger charge is -2.21. The lowest BCUT2D eigenvalue weighted by atomic mass is 9.93. The Labute approximate surface area is 184 Å². The van der Waals surface area contributed by atoms with Crippen molar-refractivity contribution >= 4 is 23.5 Å². The maximum Gasteiger partial charge on any atom is 0.325 e. The van der Waals surface area contributed by atoms with Gasteiger partial charge in [0.25, 0.3) is 5.91 Å². The van der Waals surface area contributed by atoms with Gasteiger partial charge < -0.3 is 14.6 Å². The van der Waals surface area contributed by atoms with E-state index in [-0.39, 0.29) is 12.5 Å². The number of amides is 3. The molecule has 4 rings (SSSR count). The quantitative estimate of drug-likeness (QED) is 0.550. The number of hydrogen-bond donors (Lipinski definition) is 1. The second kappa shape index (κ2) is 8.43. The van der Waals surface area contributed by atoms with E-state index in [1.54, 1.807) is 32.2 Å². The third kappa shape index (κ3) is 4.41. The number of aromatic nitrogens is 1. The molecule has 0 radical (unpaired) electrons. The summed E-state index contributed by atoms with van der Waals surface area (Å²) in [4.78, 5) is 26.7. The van der Waals surface area contributed by atoms with Gasteiger partial charge in [-0.1, -0.05) is 41.0 Å². The number of hydrogen-bond acceptors (Lipinski definition) is 5. The molecule has 0 aliphatic carbocycles. The van der Waals surface area contributed by atoms with Gasteiger partial charge in [-0.3, -0.25) is 9.69 Å². The Morgan fingerprint density at radius 3 is 2.52 bits per heavy atom. The van der Waals surface area contributed by atoms with Crippen molar-refractivity contribution < 1.29 is 18.8 Å². The molecule has 2 aromatic carbocycles. The minimum atomic E-state index is -0.976. The molecule has 1 N–H and O–H groups in total. The van der Waals surface area contributed by atoms with E-state index in [4.69, 9.17) is 20.9 Å². The molecular formula is C23H22ClN3O4. The van der Waals surface area contributed by atoms with Crippen molar-refractivity contribution in [3.05, 3.63) is 70.9 Å². The Morgan fingerprint density at radius 1 is 1.13 bits per heavy atom. The Hall–Kier alpha value is -3.32. The van der Waals surface area contributed by atoms with Gasteiger partial charge in [0.2, 0.25) is 0 Å². The molecule has 0 spiro atoms. The van der Waals surface area contributed by atoms with Gasteiger partial charge in [-0.05, 0) is 49.6 Å². The Kier molecular flexibility index (Phi) is 5.69. The fourth-order valence-electron chi connectivity index (χ4n) is 3.55. The number of benzene rings is 2. The SMILES string of the molecule is COc1ccc(CCC2(C)NC(=O)N(Cc3cc(-c4ccc(Cl)cc4)no3)C2=O)cc1. The van der Waals surface area contributed by atoms with Gasteiger partial charge in [0.05, 0.1) is 13.7 Å². The minimum absolute atomic E-state index is 0.0172. The number of ether oxygens (including phenoxy) is 1. The maximum atomic E-state index is 13.0. The van der Waals surface area contributed by atoms with E-state index in [1.165, 1.54) is 4.90 Å². The minimum Gasteiger partial charge on any atom is -0.497 e. The molecule has 1 fully saturated rings. The number of methoxy groups -OCH3 is 1. The van der Waals surface area contributed by atoms with Gasteiger partial charge in [-0.15, -0.1) is 0 Å². The Bertz CT molecular complexity index is 1090. The van der Waals surface area contributed by atoms with E-state index < -0.39 is 11.6 Å². The average molecular weight is 440 g/mol. The third-order valence-corrected chi connectivity index (χ3v) is 5.68. The molecule has 0 bridgehead atoms. The zero-order valence-electron chi connectivity index (χ0n) is 17.2. The largest absolute Gasteiger partial charge is 0.497 e. The number of aryl methyl sites for hydroxylation is 1. The Balaban J connectivity index is 1.42. The summed E-state index contributed by atoms with van der Waals surface area (Å²) in [5.41, 5.74) is 1.53. The molecule has 8 heteroatoms. The van der Waals surface area contributed by atoms with Crippen molar-refractivity contribution in [2.45, 2.75) is 31.8 Å². The molecule has 1 aliphatic rings. The fraction of sp³-hybridized carbons (Fsp3) is 0.261. The third-order valence-electron chi connectivity index (χ3n) is 5.43. The van der Waals surface area contributed by atoms with E-state index in [1.807, 2.05) is 36.4 Å². The molecule has 1 saturated heterocycles. The summed E-state index contributed by atoms with van der Waals surface area (Å²) in [5, 5.41) is 7.49. The van der Waals surface area contributed by atoms with Crippen molar-refractivity contribution in [3.63, 3.8) is 0 Å². The molecule has 1 unspecified atom stereocenters. The number of urea groups is 1. The number of halogens is 1. The number of rotatable bonds is 7. The first kappa shape index (κ1) is 20.9. The first-order valence-electron chi connectivity index (χ1n) is 9.86. The van der Waals surface area contributed by atoms with Crippen LogP contribution in [0.5, 0.6) is 5.75 Å². The van der Waals surface area contributed by atoms with Crippen LogP contribution in [-0.4, -0.2) is 34.6 Å². The van der Waals surface area contributed by atoms with E-state index in [0.29, 0.717) is 29.3 Å². The standard InChI is InChI=1S/C23H22ClN3O4/c1-23(12-11-15-3-9-18(30-2)10-4-15)21(28)27(22(29)25-23)14-19-13-20(26-31-19)16-5-7-17(24)8-6-16/h3-10,13H,11-12,14H2,1-2H3,(H,25,29). The van der Waals surface area contributed by atoms with Crippen LogP contribution in [0, 0.1) is 0 Å². The predicted molar refractivity (Wildman–Crippen MR) is 116 cm³/mol. The summed E-state index contributed by atoms with van der Waals surface area (Å²) in [5.74, 6) is 0.916. The number of nitrogens with zero attached hydrogens (tertiary/aromatic N) is 2. The average Bonchev–Trinajstić information content (AvgIpc) is 3.32. The molecule has 1 aliphatic heterocycles. The van der Waals surface area contributed by atoms with Gasteiger partial charge >= 0.3 is 6.03 Å². The first-order chi connectivity index (χ1) is 14.9. The summed E-state index contributed by atoms with van der Waals surface area (Å²) in [6.45, 7) is 1.76. The number of carbonyl (C=O) groups excluding carboxylic acids is 2. The molecule has 7 nitrogen and oxygen atoms in total. The fourth-order valence-corrected chi connectivity index (χ4v) is 3.67. The number of carbonyl (C=O) groups is 2. The summed E-state index contributed by atoms with van der Waals surface area (Å²) in [6, 6.07) is 16.1. The van der Waals surface area contributed by atoms with Crippen molar-refractivity contribution in [1.82, 2.24) is 15.4 Å². The molecule has 2 heterocycles. The Morgan fingerprint density at radius 2 is 1.84 bits per heavy atom. The highest BCUT2D eigenvalue weighted by Crippen LogP contribution is 2.27. The highest BCUT2D eigenvalue weighted by molar-refractivity contribution is 6.30. The van der Waals surface area contributed by atoms with Crippen LogP contribution in [0.1, 0.15) is 24.7 Å². The molecule has 1 atom stereocenters. The second-order valence-electron chi connectivity index (χ2n) is 7.69. The summed E-state index contributed by atoms with van der Waals surface area (Å²) in [7, 11) is 1.62. The van der Waals surface area contributed by atoms with Gasteiger partial charge in [-0.2, -0.15) is 0 Å². The van der Waals surface area contributed by atoms with Gasteiger partial charge in [0.15, 0.2) is 5.76 Å². The van der Waals surface area contributed by atoms with Crippen molar-refractivity contribution in [3.8, 4) is 17.0 Å². The van der Waals surface area contributed by atoms with Crippen LogP contribution in [0.3, 0.4) is 0 Å². The van der Waals surface area contributed by atoms with E-state index in [2.05, 4.69) is 10.5 Å². The highest BCUT2D eigenvalue weighted by Gasteiger charge is 2.47. The van der Waals surface area contributed by atoms with Crippen LogP contribution in [0.4, 0.5) is 4.79 Å². The van der Waals surface area contributed by atoms with E-state index in [9.17, 15) is 9.59 Å². The van der Waals surface area contributed by atoms with Crippen molar-refractivity contribution in [2.75, 3.05) is 7.11 Å². The molecule has 1 aromatic heterocycles. The first-order valence-corrected chi connectivity index (χ1v) is 10.2. The zero-order chi connectivity index (χ0) is 22.0. The summed E-state index contributed by atoms with van der Waals surface area (Å²) in [6.07, 6.45) is 1.12. The van der Waals surface area contributed by atoms with Gasteiger partial charge in [0, 0.05) is 16.7 Å². The van der Waals surface area contributed by atoms with Crippen LogP contribution < -0.4 is 10.1 Å². The molecule has 160 valence electrons. The predicted octanol–water partition coefficient (Wildman–Crippen LogP) is 4.45. The monoisotopic (exact) mass is 439 g/mol. The lowest BCUT2D eigenvalue weighted by Crippen LogP contribution is -2.44. The molecule has 31 heavy (non-hydrogen) atoms. The van der Waals surface area contributed by atoms with Crippen LogP contribution in [-0.2, 0) is 17.8 Å². The molecule has 3 amide bonds. The molecule has 3 aromatic rings. The van der Waals surface area contributed by atoms with Crippen molar-refractivity contribution in [1.29, 1.82) is 0 Å². The van der Waals surface area contributed by atoms with Gasteiger partial charge in [0.1, 0.15) is 17.0 Å².